The zero-order chi connectivity index (χ0) is 12.5. The number of halogens is 1. The second-order valence-electron chi connectivity index (χ2n) is 4.52. The van der Waals surface area contributed by atoms with E-state index in [9.17, 15) is 0 Å². The maximum atomic E-state index is 5.58. The first-order valence-electron chi connectivity index (χ1n) is 7.39. The summed E-state index contributed by atoms with van der Waals surface area (Å²) in [4.78, 5) is 0. The van der Waals surface area contributed by atoms with E-state index >= 15 is 0 Å². The normalized spacial score (nSPS) is 9.18. The van der Waals surface area contributed by atoms with E-state index < -0.39 is 0 Å². The molecule has 0 aliphatic heterocycles. The summed E-state index contributed by atoms with van der Waals surface area (Å²) in [7, 11) is 0. The van der Waals surface area contributed by atoms with Crippen LogP contribution < -0.4 is 6.15 Å². The molecule has 1 nitrogen and oxygen atoms in total. The summed E-state index contributed by atoms with van der Waals surface area (Å²) in [5, 5.41) is 0. The fourth-order valence-electron chi connectivity index (χ4n) is 1.41. The molecule has 0 aromatic carbocycles. The Morgan fingerprint density at radius 3 is 1.18 bits per heavy atom. The lowest BCUT2D eigenvalue weighted by Gasteiger charge is -1.99. The molecule has 0 aliphatic rings. The summed E-state index contributed by atoms with van der Waals surface area (Å²) < 4.78 is 0. The van der Waals surface area contributed by atoms with Gasteiger partial charge in [0.25, 0.3) is 0 Å². The van der Waals surface area contributed by atoms with Gasteiger partial charge >= 0.3 is 0 Å². The third-order valence-corrected chi connectivity index (χ3v) is 3.00. The van der Waals surface area contributed by atoms with E-state index in [2.05, 4.69) is 20.8 Å². The maximum Gasteiger partial charge on any atom is 0.0223 e. The Morgan fingerprint density at radius 1 is 0.529 bits per heavy atom. The summed E-state index contributed by atoms with van der Waals surface area (Å²) in [5.74, 6) is 0.843. The van der Waals surface area contributed by atoms with Gasteiger partial charge in [-0.25, -0.2) is 0 Å². The predicted octanol–water partition coefficient (Wildman–Crippen LogP) is 6.72. The first-order chi connectivity index (χ1) is 7.83. The van der Waals surface area contributed by atoms with Crippen LogP contribution in [-0.4, -0.2) is 5.88 Å². The standard InChI is InChI=1S/C11H23Cl.C4H10.H3N/c1-2-3-4-5-6-7-8-9-10-11-12;1-3-4-2;/h2-11H2,1H3;3-4H2,1-2H3;1H3. The number of alkyl halides is 1. The Balaban J connectivity index is -0.000000340. The molecule has 0 rings (SSSR count). The first kappa shape index (κ1) is 22.4. The minimum Gasteiger partial charge on any atom is -0.344 e. The van der Waals surface area contributed by atoms with Crippen LogP contribution in [0.25, 0.3) is 0 Å². The quantitative estimate of drug-likeness (QED) is 0.345. The first-order valence-corrected chi connectivity index (χ1v) is 7.92. The number of rotatable bonds is 10. The second-order valence-corrected chi connectivity index (χ2v) is 4.90. The van der Waals surface area contributed by atoms with Crippen molar-refractivity contribution in [3.63, 3.8) is 0 Å². The van der Waals surface area contributed by atoms with Crippen LogP contribution in [-0.2, 0) is 0 Å². The average Bonchev–Trinajstić information content (AvgIpc) is 2.33. The van der Waals surface area contributed by atoms with Crippen LogP contribution in [0.5, 0.6) is 0 Å². The van der Waals surface area contributed by atoms with Crippen LogP contribution in [0.3, 0.4) is 0 Å². The topological polar surface area (TPSA) is 35.0 Å². The van der Waals surface area contributed by atoms with E-state index in [0.29, 0.717) is 0 Å². The van der Waals surface area contributed by atoms with Gasteiger partial charge in [0.15, 0.2) is 0 Å². The van der Waals surface area contributed by atoms with E-state index in [0.717, 1.165) is 5.88 Å². The van der Waals surface area contributed by atoms with Crippen molar-refractivity contribution in [3.8, 4) is 0 Å². The molecule has 0 fully saturated rings. The Morgan fingerprint density at radius 2 is 0.882 bits per heavy atom. The lowest BCUT2D eigenvalue weighted by Crippen LogP contribution is -1.81. The SMILES string of the molecule is CCCC.CCCCCCCCCCCCl.N. The van der Waals surface area contributed by atoms with Crippen molar-refractivity contribution in [2.24, 2.45) is 0 Å². The van der Waals surface area contributed by atoms with Crippen LogP contribution in [0.4, 0.5) is 0 Å². The second kappa shape index (κ2) is 25.2. The molecule has 2 heteroatoms. The van der Waals surface area contributed by atoms with Gasteiger partial charge in [-0.15, -0.1) is 11.6 Å². The van der Waals surface area contributed by atoms with Gasteiger partial charge in [-0.3, -0.25) is 0 Å². The molecule has 3 N–H and O–H groups in total. The molecule has 0 saturated heterocycles. The van der Waals surface area contributed by atoms with Crippen LogP contribution in [0, 0.1) is 0 Å². The largest absolute Gasteiger partial charge is 0.344 e. The lowest BCUT2D eigenvalue weighted by atomic mass is 10.1. The van der Waals surface area contributed by atoms with Crippen molar-refractivity contribution in [2.75, 3.05) is 5.88 Å². The van der Waals surface area contributed by atoms with Crippen molar-refractivity contribution >= 4 is 11.6 Å². The van der Waals surface area contributed by atoms with Gasteiger partial charge < -0.3 is 6.15 Å². The van der Waals surface area contributed by atoms with Crippen LogP contribution in [0.2, 0.25) is 0 Å². The van der Waals surface area contributed by atoms with Crippen molar-refractivity contribution in [2.45, 2.75) is 91.4 Å². The van der Waals surface area contributed by atoms with Crippen molar-refractivity contribution in [1.29, 1.82) is 0 Å². The van der Waals surface area contributed by atoms with Crippen LogP contribution in [0.15, 0.2) is 0 Å². The molecule has 0 aliphatic carbocycles. The molecule has 0 atom stereocenters. The summed E-state index contributed by atoms with van der Waals surface area (Å²) in [6, 6.07) is 0. The van der Waals surface area contributed by atoms with E-state index in [1.165, 1.54) is 70.6 Å². The molecule has 0 spiro atoms. The van der Waals surface area contributed by atoms with E-state index in [1.807, 2.05) is 0 Å². The minimum absolute atomic E-state index is 0. The van der Waals surface area contributed by atoms with Crippen molar-refractivity contribution in [1.82, 2.24) is 6.15 Å². The van der Waals surface area contributed by atoms with E-state index in [1.54, 1.807) is 0 Å². The number of unbranched alkanes of at least 4 members (excludes halogenated alkanes) is 9. The number of hydrogen-bond donors (Lipinski definition) is 1. The molecule has 0 aromatic rings. The molecule has 0 saturated carbocycles. The molecule has 0 heterocycles. The third kappa shape index (κ3) is 31.4. The monoisotopic (exact) mass is 265 g/mol. The van der Waals surface area contributed by atoms with E-state index in [4.69, 9.17) is 11.6 Å². The molecular formula is C15H36ClN. The van der Waals surface area contributed by atoms with Crippen LogP contribution >= 0.6 is 11.6 Å². The fraction of sp³-hybridized carbons (Fsp3) is 1.00. The number of hydrogen-bond acceptors (Lipinski definition) is 1. The molecule has 0 unspecified atom stereocenters. The predicted molar refractivity (Wildman–Crippen MR) is 83.6 cm³/mol. The maximum absolute atomic E-state index is 5.58. The lowest BCUT2D eigenvalue weighted by molar-refractivity contribution is 0.573. The molecule has 0 radical (unpaired) electrons. The van der Waals surface area contributed by atoms with E-state index in [-0.39, 0.29) is 6.15 Å². The van der Waals surface area contributed by atoms with Crippen molar-refractivity contribution in [3.05, 3.63) is 0 Å². The van der Waals surface area contributed by atoms with Gasteiger partial charge in [0, 0.05) is 5.88 Å². The molecule has 17 heavy (non-hydrogen) atoms. The van der Waals surface area contributed by atoms with Crippen LogP contribution in [0.1, 0.15) is 91.4 Å². The van der Waals surface area contributed by atoms with Crippen molar-refractivity contribution < 1.29 is 0 Å². The van der Waals surface area contributed by atoms with Gasteiger partial charge in [-0.1, -0.05) is 85.0 Å². The van der Waals surface area contributed by atoms with Gasteiger partial charge in [-0.05, 0) is 6.42 Å². The summed E-state index contributed by atoms with van der Waals surface area (Å²) in [6.07, 6.45) is 15.1. The van der Waals surface area contributed by atoms with Gasteiger partial charge in [0.05, 0.1) is 0 Å². The zero-order valence-corrected chi connectivity index (χ0v) is 13.3. The highest BCUT2D eigenvalue weighted by Crippen LogP contribution is 2.09. The van der Waals surface area contributed by atoms with Gasteiger partial charge in [0.1, 0.15) is 0 Å². The van der Waals surface area contributed by atoms with Gasteiger partial charge in [0.2, 0.25) is 0 Å². The molecule has 0 bridgehead atoms. The molecule has 108 valence electrons. The summed E-state index contributed by atoms with van der Waals surface area (Å²) in [6.45, 7) is 6.63. The molecule has 0 aromatic heterocycles. The zero-order valence-electron chi connectivity index (χ0n) is 12.6. The highest BCUT2D eigenvalue weighted by atomic mass is 35.5. The Hall–Kier alpha value is 0.250. The fourth-order valence-corrected chi connectivity index (χ4v) is 1.59. The molecule has 0 amide bonds. The highest BCUT2D eigenvalue weighted by Gasteiger charge is 1.90. The Bertz CT molecular complexity index is 84.9. The highest BCUT2D eigenvalue weighted by molar-refractivity contribution is 6.17. The Labute approximate surface area is 115 Å². The average molecular weight is 266 g/mol. The Kier molecular flexibility index (Phi) is 33.2. The third-order valence-electron chi connectivity index (χ3n) is 2.74. The smallest absolute Gasteiger partial charge is 0.0223 e. The van der Waals surface area contributed by atoms with Gasteiger partial charge in [-0.2, -0.15) is 0 Å². The molecular weight excluding hydrogens is 230 g/mol. The summed E-state index contributed by atoms with van der Waals surface area (Å²) >= 11 is 5.58. The minimum atomic E-state index is 0. The summed E-state index contributed by atoms with van der Waals surface area (Å²) in [5.41, 5.74) is 0.